The van der Waals surface area contributed by atoms with E-state index < -0.39 is 62.7 Å². The highest BCUT2D eigenvalue weighted by Gasteiger charge is 2.45. The summed E-state index contributed by atoms with van der Waals surface area (Å²) >= 11 is 0. The minimum absolute atomic E-state index is 0.165. The topological polar surface area (TPSA) is 142 Å². The standard InChI is InChI=1S/C30H35F3N4O6S/c1-27(2,3)42-25(38)19-37(26(39)43-28(4,5)6)24-11-7-10-23(36-24)29(34,44(40,41)22-9-8-16-35-18-22)17-20-12-14-21(15-13-20)30(31,32)33/h7-16,18H,17,19,34H2,1-6H3. The number of rotatable bonds is 8. The maximum absolute atomic E-state index is 14.1. The minimum Gasteiger partial charge on any atom is -0.459 e. The average molecular weight is 637 g/mol. The van der Waals surface area contributed by atoms with E-state index in [2.05, 4.69) is 9.97 Å². The van der Waals surface area contributed by atoms with Gasteiger partial charge in [0.15, 0.2) is 4.87 Å². The Labute approximate surface area is 254 Å². The maximum Gasteiger partial charge on any atom is 0.416 e. The van der Waals surface area contributed by atoms with Crippen LogP contribution in [-0.4, -0.2) is 48.2 Å². The molecule has 2 N–H and O–H groups in total. The summed E-state index contributed by atoms with van der Waals surface area (Å²) in [4.78, 5) is 32.6. The van der Waals surface area contributed by atoms with Crippen molar-refractivity contribution in [2.24, 2.45) is 5.73 Å². The van der Waals surface area contributed by atoms with Crippen LogP contribution >= 0.6 is 0 Å². The summed E-state index contributed by atoms with van der Waals surface area (Å²) < 4.78 is 78.5. The number of carbonyl (C=O) groups excluding carboxylic acids is 2. The van der Waals surface area contributed by atoms with Gasteiger partial charge < -0.3 is 15.2 Å². The maximum atomic E-state index is 14.1. The zero-order valence-corrected chi connectivity index (χ0v) is 26.0. The molecule has 14 heteroatoms. The van der Waals surface area contributed by atoms with Gasteiger partial charge in [0.05, 0.1) is 16.2 Å². The van der Waals surface area contributed by atoms with Crippen molar-refractivity contribution in [2.45, 2.75) is 75.1 Å². The number of carbonyl (C=O) groups is 2. The number of benzene rings is 1. The Balaban J connectivity index is 2.17. The fourth-order valence-electron chi connectivity index (χ4n) is 4.02. The molecule has 3 rings (SSSR count). The highest BCUT2D eigenvalue weighted by Crippen LogP contribution is 2.35. The lowest BCUT2D eigenvalue weighted by Crippen LogP contribution is -2.48. The molecule has 0 saturated carbocycles. The molecule has 10 nitrogen and oxygen atoms in total. The zero-order chi connectivity index (χ0) is 33.1. The Morgan fingerprint density at radius 3 is 2.02 bits per heavy atom. The first-order valence-corrected chi connectivity index (χ1v) is 14.9. The first kappa shape index (κ1) is 34.5. The number of nitrogens with two attached hydrogens (primary N) is 1. The van der Waals surface area contributed by atoms with Crippen LogP contribution in [0.5, 0.6) is 0 Å². The molecule has 0 aliphatic heterocycles. The predicted octanol–water partition coefficient (Wildman–Crippen LogP) is 5.41. The quantitative estimate of drug-likeness (QED) is 0.321. The van der Waals surface area contributed by atoms with Crippen molar-refractivity contribution in [3.05, 3.63) is 83.8 Å². The molecule has 3 aromatic rings. The molecule has 0 saturated heterocycles. The molecule has 1 aromatic carbocycles. The number of nitrogens with zero attached hydrogens (tertiary/aromatic N) is 3. The zero-order valence-electron chi connectivity index (χ0n) is 25.2. The second-order valence-corrected chi connectivity index (χ2v) is 14.2. The Bertz CT molecular complexity index is 1590. The molecule has 0 fully saturated rings. The van der Waals surface area contributed by atoms with Gasteiger partial charge in [0.2, 0.25) is 9.84 Å². The van der Waals surface area contributed by atoms with Crippen LogP contribution in [0.2, 0.25) is 0 Å². The Hall–Kier alpha value is -4.04. The van der Waals surface area contributed by atoms with Gasteiger partial charge >= 0.3 is 18.2 Å². The van der Waals surface area contributed by atoms with Gasteiger partial charge in [0.25, 0.3) is 0 Å². The molecule has 0 spiro atoms. The van der Waals surface area contributed by atoms with Gasteiger partial charge in [-0.1, -0.05) is 18.2 Å². The van der Waals surface area contributed by atoms with E-state index in [9.17, 15) is 31.2 Å². The highest BCUT2D eigenvalue weighted by atomic mass is 32.2. The lowest BCUT2D eigenvalue weighted by Gasteiger charge is -2.31. The molecule has 0 bridgehead atoms. The van der Waals surface area contributed by atoms with Crippen molar-refractivity contribution in [1.82, 2.24) is 9.97 Å². The fraction of sp³-hybridized carbons (Fsp3) is 0.400. The third-order valence-corrected chi connectivity index (χ3v) is 8.11. The van der Waals surface area contributed by atoms with Crippen LogP contribution < -0.4 is 10.6 Å². The van der Waals surface area contributed by atoms with Crippen molar-refractivity contribution in [3.8, 4) is 0 Å². The number of anilines is 1. The van der Waals surface area contributed by atoms with E-state index in [-0.39, 0.29) is 22.0 Å². The van der Waals surface area contributed by atoms with Crippen LogP contribution in [0.25, 0.3) is 0 Å². The van der Waals surface area contributed by atoms with E-state index in [0.717, 1.165) is 35.4 Å². The van der Waals surface area contributed by atoms with Gasteiger partial charge in [-0.25, -0.2) is 18.2 Å². The molecule has 0 aliphatic carbocycles. The summed E-state index contributed by atoms with van der Waals surface area (Å²) in [5, 5.41) is 0. The molecule has 0 radical (unpaired) electrons. The van der Waals surface area contributed by atoms with E-state index in [0.29, 0.717) is 0 Å². The predicted molar refractivity (Wildman–Crippen MR) is 156 cm³/mol. The third kappa shape index (κ3) is 8.53. The van der Waals surface area contributed by atoms with Gasteiger partial charge in [-0.3, -0.25) is 14.7 Å². The van der Waals surface area contributed by atoms with Crippen LogP contribution in [0.3, 0.4) is 0 Å². The van der Waals surface area contributed by atoms with Crippen molar-refractivity contribution in [2.75, 3.05) is 11.4 Å². The van der Waals surface area contributed by atoms with Crippen LogP contribution in [-0.2, 0) is 41.6 Å². The Kier molecular flexibility index (Phi) is 9.80. The molecule has 1 unspecified atom stereocenters. The first-order valence-electron chi connectivity index (χ1n) is 13.4. The SMILES string of the molecule is CC(C)(C)OC(=O)CN(C(=O)OC(C)(C)C)c1cccc(C(N)(Cc2ccc(C(F)(F)F)cc2)S(=O)(=O)c2cccnc2)n1. The number of hydrogen-bond acceptors (Lipinski definition) is 9. The molecule has 1 atom stereocenters. The van der Waals surface area contributed by atoms with E-state index in [4.69, 9.17) is 15.2 Å². The van der Waals surface area contributed by atoms with Gasteiger partial charge in [0, 0.05) is 18.8 Å². The lowest BCUT2D eigenvalue weighted by molar-refractivity contribution is -0.153. The molecule has 238 valence electrons. The molecule has 1 amide bonds. The van der Waals surface area contributed by atoms with Crippen molar-refractivity contribution < 1.29 is 40.7 Å². The van der Waals surface area contributed by atoms with Gasteiger partial charge in [-0.05, 0) is 83.5 Å². The number of aromatic nitrogens is 2. The number of amides is 1. The Morgan fingerprint density at radius 2 is 1.50 bits per heavy atom. The van der Waals surface area contributed by atoms with Crippen LogP contribution in [0, 0.1) is 0 Å². The molecule has 0 aliphatic rings. The fourth-order valence-corrected chi connectivity index (χ4v) is 5.65. The number of pyridine rings is 2. The summed E-state index contributed by atoms with van der Waals surface area (Å²) in [6.45, 7) is 9.18. The van der Waals surface area contributed by atoms with Gasteiger partial charge in [-0.2, -0.15) is 13.2 Å². The number of esters is 1. The van der Waals surface area contributed by atoms with Gasteiger partial charge in [0.1, 0.15) is 23.6 Å². The molecule has 2 heterocycles. The molecule has 2 aromatic heterocycles. The van der Waals surface area contributed by atoms with Crippen molar-refractivity contribution >= 4 is 27.7 Å². The number of hydrogen-bond donors (Lipinski definition) is 1. The smallest absolute Gasteiger partial charge is 0.416 e. The summed E-state index contributed by atoms with van der Waals surface area (Å²) in [5.74, 6) is -0.964. The number of halogens is 3. The first-order chi connectivity index (χ1) is 20.1. The largest absolute Gasteiger partial charge is 0.459 e. The minimum atomic E-state index is -4.60. The normalized spacial score (nSPS) is 14.0. The summed E-state index contributed by atoms with van der Waals surface area (Å²) in [5.41, 5.74) is 3.83. The van der Waals surface area contributed by atoms with Crippen molar-refractivity contribution in [3.63, 3.8) is 0 Å². The van der Waals surface area contributed by atoms with E-state index >= 15 is 0 Å². The summed E-state index contributed by atoms with van der Waals surface area (Å²) in [6, 6.07) is 10.6. The Morgan fingerprint density at radius 1 is 0.886 bits per heavy atom. The number of alkyl halides is 3. The average Bonchev–Trinajstić information content (AvgIpc) is 2.90. The number of sulfone groups is 1. The molecular formula is C30H35F3N4O6S. The summed E-state index contributed by atoms with van der Waals surface area (Å²) in [7, 11) is -4.52. The van der Waals surface area contributed by atoms with E-state index in [1.54, 1.807) is 41.5 Å². The van der Waals surface area contributed by atoms with Crippen LogP contribution in [0.15, 0.2) is 71.9 Å². The van der Waals surface area contributed by atoms with E-state index in [1.165, 1.54) is 36.5 Å². The summed E-state index contributed by atoms with van der Waals surface area (Å²) in [6.07, 6.45) is -3.62. The van der Waals surface area contributed by atoms with Gasteiger partial charge in [-0.15, -0.1) is 0 Å². The van der Waals surface area contributed by atoms with Crippen molar-refractivity contribution in [1.29, 1.82) is 0 Å². The second kappa shape index (κ2) is 12.5. The van der Waals surface area contributed by atoms with Crippen LogP contribution in [0.1, 0.15) is 58.4 Å². The monoisotopic (exact) mass is 636 g/mol. The third-order valence-electron chi connectivity index (χ3n) is 5.94. The van der Waals surface area contributed by atoms with Crippen LogP contribution in [0.4, 0.5) is 23.8 Å². The highest BCUT2D eigenvalue weighted by molar-refractivity contribution is 7.92. The lowest BCUT2D eigenvalue weighted by atomic mass is 10.0. The molecule has 44 heavy (non-hydrogen) atoms. The molecular weight excluding hydrogens is 601 g/mol. The number of ether oxygens (including phenoxy) is 2. The van der Waals surface area contributed by atoms with E-state index in [1.807, 2.05) is 0 Å². The second-order valence-electron chi connectivity index (χ2n) is 12.0.